The number of hydrogen-bond acceptors (Lipinski definition) is 3. The minimum atomic E-state index is -2.95. The zero-order valence-corrected chi connectivity index (χ0v) is 13.7. The molecule has 2 rings (SSSR count). The fourth-order valence-corrected chi connectivity index (χ4v) is 2.60. The van der Waals surface area contributed by atoms with E-state index in [0.29, 0.717) is 34.0 Å². The molecule has 114 valence electrons. The number of aryl methyl sites for hydroxylation is 2. The van der Waals surface area contributed by atoms with E-state index in [1.807, 2.05) is 13.8 Å². The topological polar surface area (TPSA) is 39.9 Å². The molecule has 0 spiro atoms. The Kier molecular flexibility index (Phi) is 5.16. The van der Waals surface area contributed by atoms with Crippen molar-refractivity contribution in [3.63, 3.8) is 0 Å². The molecule has 2 heterocycles. The van der Waals surface area contributed by atoms with Gasteiger partial charge in [-0.1, -0.05) is 25.4 Å². The molecule has 0 atom stereocenters. The number of nitrogens with zero attached hydrogens (tertiary/aromatic N) is 3. The maximum absolute atomic E-state index is 12.6. The van der Waals surface area contributed by atoms with Crippen LogP contribution in [0.1, 0.15) is 25.4 Å². The second-order valence-corrected chi connectivity index (χ2v) is 5.44. The van der Waals surface area contributed by atoms with E-state index in [9.17, 15) is 8.78 Å². The maximum atomic E-state index is 12.6. The second-order valence-electron chi connectivity index (χ2n) is 4.16. The number of pyridine rings is 1. The van der Waals surface area contributed by atoms with Gasteiger partial charge in [-0.05, 0) is 22.4 Å². The van der Waals surface area contributed by atoms with E-state index in [1.54, 1.807) is 4.57 Å². The third-order valence-electron chi connectivity index (χ3n) is 2.84. The molecule has 0 radical (unpaired) electrons. The maximum Gasteiger partial charge on any atom is 0.387 e. The summed E-state index contributed by atoms with van der Waals surface area (Å²) < 4.78 is 31.8. The van der Waals surface area contributed by atoms with Crippen molar-refractivity contribution in [1.82, 2.24) is 14.5 Å². The second kappa shape index (κ2) is 6.70. The van der Waals surface area contributed by atoms with Crippen molar-refractivity contribution in [3.05, 3.63) is 33.4 Å². The van der Waals surface area contributed by atoms with Crippen LogP contribution in [0, 0.1) is 0 Å². The lowest BCUT2D eigenvalue weighted by Crippen LogP contribution is -2.09. The molecular formula is C13H13BrClF2N3O. The summed E-state index contributed by atoms with van der Waals surface area (Å²) in [5.74, 6) is 0.786. The lowest BCUT2D eigenvalue weighted by Gasteiger charge is -2.13. The van der Waals surface area contributed by atoms with E-state index < -0.39 is 6.61 Å². The Balaban J connectivity index is 2.63. The van der Waals surface area contributed by atoms with Gasteiger partial charge < -0.3 is 4.74 Å². The molecule has 0 N–H and O–H groups in total. The van der Waals surface area contributed by atoms with Crippen LogP contribution in [0.2, 0.25) is 5.15 Å². The van der Waals surface area contributed by atoms with E-state index >= 15 is 0 Å². The number of imidazole rings is 1. The van der Waals surface area contributed by atoms with Crippen LogP contribution in [-0.4, -0.2) is 21.1 Å². The third kappa shape index (κ3) is 3.35. The lowest BCUT2D eigenvalue weighted by molar-refractivity contribution is -0.0501. The quantitative estimate of drug-likeness (QED) is 0.771. The van der Waals surface area contributed by atoms with Gasteiger partial charge in [0.2, 0.25) is 0 Å². The van der Waals surface area contributed by atoms with Gasteiger partial charge in [0, 0.05) is 23.2 Å². The first-order chi connectivity index (χ1) is 9.97. The molecule has 0 saturated carbocycles. The minimum Gasteiger partial charge on any atom is -0.431 e. The average Bonchev–Trinajstić information content (AvgIpc) is 2.75. The Morgan fingerprint density at radius 2 is 2.10 bits per heavy atom. The molecule has 0 aliphatic carbocycles. The first kappa shape index (κ1) is 16.2. The molecule has 0 amide bonds. The Bertz CT molecular complexity index is 649. The minimum absolute atomic E-state index is 0.0592. The Morgan fingerprint density at radius 1 is 1.38 bits per heavy atom. The third-order valence-corrected chi connectivity index (χ3v) is 3.66. The van der Waals surface area contributed by atoms with Crippen molar-refractivity contribution < 1.29 is 13.5 Å². The number of ether oxygens (including phenoxy) is 1. The number of hydrogen-bond donors (Lipinski definition) is 0. The summed E-state index contributed by atoms with van der Waals surface area (Å²) in [4.78, 5) is 8.55. The summed E-state index contributed by atoms with van der Waals surface area (Å²) in [6.07, 6.45) is 2.72. The van der Waals surface area contributed by atoms with Gasteiger partial charge in [0.05, 0.1) is 5.69 Å². The lowest BCUT2D eigenvalue weighted by atomic mass is 10.3. The van der Waals surface area contributed by atoms with Crippen molar-refractivity contribution >= 4 is 27.5 Å². The highest BCUT2D eigenvalue weighted by Crippen LogP contribution is 2.31. The summed E-state index contributed by atoms with van der Waals surface area (Å²) in [5, 5.41) is 0.364. The van der Waals surface area contributed by atoms with Gasteiger partial charge in [-0.2, -0.15) is 8.78 Å². The summed E-state index contributed by atoms with van der Waals surface area (Å²) in [7, 11) is 0. The SMILES string of the molecule is CCc1nc(CC)n(-c2ncc(Br)cc2OC(F)F)c1Cl. The van der Waals surface area contributed by atoms with Gasteiger partial charge in [0.25, 0.3) is 0 Å². The molecule has 2 aromatic rings. The summed E-state index contributed by atoms with van der Waals surface area (Å²) in [5.41, 5.74) is 0.696. The molecule has 4 nitrogen and oxygen atoms in total. The number of alkyl halides is 2. The Morgan fingerprint density at radius 3 is 2.67 bits per heavy atom. The van der Waals surface area contributed by atoms with Gasteiger partial charge >= 0.3 is 6.61 Å². The fraction of sp³-hybridized carbons (Fsp3) is 0.385. The molecule has 0 aromatic carbocycles. The predicted molar refractivity (Wildman–Crippen MR) is 79.5 cm³/mol. The van der Waals surface area contributed by atoms with Crippen molar-refractivity contribution in [2.75, 3.05) is 0 Å². The molecule has 0 fully saturated rings. The molecule has 0 bridgehead atoms. The molecule has 0 saturated heterocycles. The van der Waals surface area contributed by atoms with Crippen LogP contribution in [-0.2, 0) is 12.8 Å². The normalized spacial score (nSPS) is 11.2. The molecule has 2 aromatic heterocycles. The number of rotatable bonds is 5. The van der Waals surface area contributed by atoms with Crippen molar-refractivity contribution in [1.29, 1.82) is 0 Å². The first-order valence-electron chi connectivity index (χ1n) is 6.34. The average molecular weight is 381 g/mol. The van der Waals surface area contributed by atoms with E-state index in [0.717, 1.165) is 0 Å². The standard InChI is InChI=1S/C13H13BrClF2N3O/c1-3-8-11(15)20(10(4-2)19-8)12-9(21-13(16)17)5-7(14)6-18-12/h5-6,13H,3-4H2,1-2H3. The van der Waals surface area contributed by atoms with E-state index in [1.165, 1.54) is 12.3 Å². The molecule has 0 aliphatic rings. The molecular weight excluding hydrogens is 368 g/mol. The molecule has 21 heavy (non-hydrogen) atoms. The monoisotopic (exact) mass is 379 g/mol. The predicted octanol–water partition coefficient (Wildman–Crippen LogP) is 4.41. The molecule has 8 heteroatoms. The Hall–Kier alpha value is -1.21. The number of halogens is 4. The van der Waals surface area contributed by atoms with Gasteiger partial charge in [0.1, 0.15) is 11.0 Å². The smallest absolute Gasteiger partial charge is 0.387 e. The molecule has 0 aliphatic heterocycles. The molecule has 0 unspecified atom stereocenters. The van der Waals surface area contributed by atoms with E-state index in [2.05, 4.69) is 30.6 Å². The van der Waals surface area contributed by atoms with E-state index in [4.69, 9.17) is 11.6 Å². The van der Waals surface area contributed by atoms with Crippen molar-refractivity contribution in [3.8, 4) is 11.6 Å². The largest absolute Gasteiger partial charge is 0.431 e. The van der Waals surface area contributed by atoms with Crippen LogP contribution in [0.15, 0.2) is 16.7 Å². The van der Waals surface area contributed by atoms with Crippen LogP contribution in [0.5, 0.6) is 5.75 Å². The van der Waals surface area contributed by atoms with Gasteiger partial charge in [0.15, 0.2) is 11.6 Å². The van der Waals surface area contributed by atoms with Crippen LogP contribution >= 0.6 is 27.5 Å². The van der Waals surface area contributed by atoms with Gasteiger partial charge in [-0.3, -0.25) is 4.57 Å². The van der Waals surface area contributed by atoms with Crippen LogP contribution in [0.4, 0.5) is 8.78 Å². The van der Waals surface area contributed by atoms with Crippen molar-refractivity contribution in [2.45, 2.75) is 33.3 Å². The zero-order valence-electron chi connectivity index (χ0n) is 11.4. The van der Waals surface area contributed by atoms with Gasteiger partial charge in [-0.25, -0.2) is 9.97 Å². The van der Waals surface area contributed by atoms with Crippen LogP contribution in [0.25, 0.3) is 5.82 Å². The highest BCUT2D eigenvalue weighted by Gasteiger charge is 2.20. The fourth-order valence-electron chi connectivity index (χ4n) is 1.94. The zero-order chi connectivity index (χ0) is 15.6. The highest BCUT2D eigenvalue weighted by molar-refractivity contribution is 9.10. The highest BCUT2D eigenvalue weighted by atomic mass is 79.9. The summed E-state index contributed by atoms with van der Waals surface area (Å²) in [6, 6.07) is 1.43. The van der Waals surface area contributed by atoms with Gasteiger partial charge in [-0.15, -0.1) is 0 Å². The van der Waals surface area contributed by atoms with Crippen LogP contribution < -0.4 is 4.74 Å². The summed E-state index contributed by atoms with van der Waals surface area (Å²) >= 11 is 9.48. The first-order valence-corrected chi connectivity index (χ1v) is 7.51. The Labute approximate surface area is 134 Å². The number of aromatic nitrogens is 3. The van der Waals surface area contributed by atoms with E-state index in [-0.39, 0.29) is 11.6 Å². The summed E-state index contributed by atoms with van der Waals surface area (Å²) in [6.45, 7) is 0.878. The van der Waals surface area contributed by atoms with Crippen molar-refractivity contribution in [2.24, 2.45) is 0 Å². The van der Waals surface area contributed by atoms with Crippen LogP contribution in [0.3, 0.4) is 0 Å².